The monoisotopic (exact) mass is 604 g/mol. The molecule has 13 nitrogen and oxygen atoms in total. The molecule has 14 heteroatoms. The number of phenolic OH excluding ortho intramolecular Hbond substituents is 1. The SMILES string of the molecule is CCCSC[C@@H]1c2cccc(O)c2C(O)=C2C(=O)[C@]3(O)C(O)=C(C(N)=O)C(=O)[C@H](N(C)C)[C@@H]3[C@H](OC(=O)CC(=O)O)[C@H]21. The number of aliphatic carboxylic acids is 1. The molecule has 6 atom stereocenters. The molecule has 3 aliphatic rings. The lowest BCUT2D eigenvalue weighted by atomic mass is 9.54. The number of nitrogens with two attached hydrogens (primary N) is 1. The number of carbonyl (C=O) groups excluding carboxylic acids is 4. The van der Waals surface area contributed by atoms with Gasteiger partial charge in [-0.3, -0.25) is 28.9 Å². The first-order valence-corrected chi connectivity index (χ1v) is 14.3. The Kier molecular flexibility index (Phi) is 8.45. The predicted octanol–water partition coefficient (Wildman–Crippen LogP) is 0.645. The fraction of sp³-hybridized carbons (Fsp3) is 0.464. The zero-order chi connectivity index (χ0) is 31.3. The lowest BCUT2D eigenvalue weighted by Gasteiger charge is -2.54. The van der Waals surface area contributed by atoms with Crippen molar-refractivity contribution >= 4 is 46.9 Å². The Hall–Kier alpha value is -3.88. The third kappa shape index (κ3) is 4.72. The smallest absolute Gasteiger partial charge is 0.317 e. The average molecular weight is 605 g/mol. The second kappa shape index (κ2) is 11.4. The Labute approximate surface area is 244 Å². The molecule has 1 aromatic rings. The Balaban J connectivity index is 2.09. The van der Waals surface area contributed by atoms with E-state index in [0.717, 1.165) is 6.42 Å². The predicted molar refractivity (Wildman–Crippen MR) is 148 cm³/mol. The Morgan fingerprint density at radius 2 is 1.81 bits per heavy atom. The van der Waals surface area contributed by atoms with Crippen LogP contribution in [0.5, 0.6) is 5.75 Å². The molecule has 7 N–H and O–H groups in total. The molecule has 1 fully saturated rings. The Morgan fingerprint density at radius 1 is 1.14 bits per heavy atom. The maximum Gasteiger partial charge on any atom is 0.317 e. The minimum absolute atomic E-state index is 0.105. The number of carbonyl (C=O) groups is 5. The zero-order valence-electron chi connectivity index (χ0n) is 23.1. The number of ketones is 2. The van der Waals surface area contributed by atoms with E-state index in [2.05, 4.69) is 0 Å². The van der Waals surface area contributed by atoms with Crippen LogP contribution in [0.3, 0.4) is 0 Å². The lowest BCUT2D eigenvalue weighted by molar-refractivity contribution is -0.186. The summed E-state index contributed by atoms with van der Waals surface area (Å²) >= 11 is 1.47. The maximum absolute atomic E-state index is 14.3. The highest BCUT2D eigenvalue weighted by molar-refractivity contribution is 7.99. The van der Waals surface area contributed by atoms with Gasteiger partial charge in [0.1, 0.15) is 35.4 Å². The van der Waals surface area contributed by atoms with E-state index in [9.17, 15) is 49.5 Å². The number of phenols is 1. The van der Waals surface area contributed by atoms with Crippen molar-refractivity contribution in [2.45, 2.75) is 43.4 Å². The first kappa shape index (κ1) is 31.1. The normalized spacial score (nSPS) is 28.7. The summed E-state index contributed by atoms with van der Waals surface area (Å²) in [5.41, 5.74) is 1.00. The number of benzene rings is 1. The van der Waals surface area contributed by atoms with E-state index in [1.165, 1.54) is 42.9 Å². The summed E-state index contributed by atoms with van der Waals surface area (Å²) in [7, 11) is 2.80. The number of amides is 1. The van der Waals surface area contributed by atoms with E-state index >= 15 is 0 Å². The number of rotatable bonds is 9. The molecule has 0 saturated heterocycles. The number of thioether (sulfide) groups is 1. The summed E-state index contributed by atoms with van der Waals surface area (Å²) in [6.45, 7) is 1.95. The number of hydrogen-bond donors (Lipinski definition) is 6. The van der Waals surface area contributed by atoms with Crippen LogP contribution in [0.2, 0.25) is 0 Å². The van der Waals surface area contributed by atoms with Crippen molar-refractivity contribution in [3.8, 4) is 5.75 Å². The first-order chi connectivity index (χ1) is 19.7. The van der Waals surface area contributed by atoms with Crippen LogP contribution >= 0.6 is 11.8 Å². The number of carboxylic acids is 1. The second-order valence-corrected chi connectivity index (χ2v) is 11.9. The number of aliphatic hydroxyl groups excluding tert-OH is 2. The molecule has 1 amide bonds. The topological polar surface area (TPSA) is 225 Å². The van der Waals surface area contributed by atoms with Crippen molar-refractivity contribution in [3.63, 3.8) is 0 Å². The quantitative estimate of drug-likeness (QED) is 0.0986. The molecule has 1 aromatic carbocycles. The van der Waals surface area contributed by atoms with Crippen molar-refractivity contribution in [2.24, 2.45) is 17.6 Å². The molecule has 0 radical (unpaired) electrons. The summed E-state index contributed by atoms with van der Waals surface area (Å²) in [6.07, 6.45) is -1.99. The van der Waals surface area contributed by atoms with E-state index in [-0.39, 0.29) is 17.1 Å². The highest BCUT2D eigenvalue weighted by Crippen LogP contribution is 2.57. The summed E-state index contributed by atoms with van der Waals surface area (Å²) in [5, 5.41) is 54.7. The minimum Gasteiger partial charge on any atom is -0.508 e. The molecule has 0 unspecified atom stereocenters. The number of likely N-dealkylation sites (N-methyl/N-ethyl adjacent to an activating group) is 1. The Bertz CT molecular complexity index is 1430. The van der Waals surface area contributed by atoms with Crippen LogP contribution in [0.15, 0.2) is 35.1 Å². The van der Waals surface area contributed by atoms with E-state index in [4.69, 9.17) is 10.5 Å². The highest BCUT2D eigenvalue weighted by Gasteiger charge is 2.69. The van der Waals surface area contributed by atoms with Gasteiger partial charge in [0.2, 0.25) is 5.78 Å². The van der Waals surface area contributed by atoms with Gasteiger partial charge in [0.15, 0.2) is 11.4 Å². The number of esters is 1. The highest BCUT2D eigenvalue weighted by atomic mass is 32.2. The van der Waals surface area contributed by atoms with Crippen LogP contribution in [0.1, 0.15) is 36.8 Å². The van der Waals surface area contributed by atoms with Crippen molar-refractivity contribution in [2.75, 3.05) is 25.6 Å². The van der Waals surface area contributed by atoms with Gasteiger partial charge in [-0.15, -0.1) is 0 Å². The maximum atomic E-state index is 14.3. The molecule has 0 bridgehead atoms. The number of hydrogen-bond acceptors (Lipinski definition) is 12. The fourth-order valence-electron chi connectivity index (χ4n) is 6.38. The molecule has 226 valence electrons. The minimum atomic E-state index is -3.11. The number of fused-ring (bicyclic) bond motifs is 3. The number of nitrogens with zero attached hydrogens (tertiary/aromatic N) is 1. The van der Waals surface area contributed by atoms with Gasteiger partial charge in [-0.25, -0.2) is 0 Å². The first-order valence-electron chi connectivity index (χ1n) is 13.2. The van der Waals surface area contributed by atoms with Crippen LogP contribution in [-0.2, 0) is 28.7 Å². The molecule has 42 heavy (non-hydrogen) atoms. The van der Waals surface area contributed by atoms with Gasteiger partial charge in [0.25, 0.3) is 5.91 Å². The number of ether oxygens (including phenoxy) is 1. The Morgan fingerprint density at radius 3 is 2.38 bits per heavy atom. The molecule has 3 aliphatic carbocycles. The average Bonchev–Trinajstić information content (AvgIpc) is 2.88. The summed E-state index contributed by atoms with van der Waals surface area (Å²) < 4.78 is 5.68. The van der Waals surface area contributed by atoms with Gasteiger partial charge in [0.05, 0.1) is 17.5 Å². The number of aromatic hydroxyl groups is 1. The zero-order valence-corrected chi connectivity index (χ0v) is 23.9. The van der Waals surface area contributed by atoms with Gasteiger partial charge in [0, 0.05) is 23.2 Å². The number of carboxylic acid groups (broad SMARTS) is 1. The van der Waals surface area contributed by atoms with E-state index in [1.54, 1.807) is 6.07 Å². The second-order valence-electron chi connectivity index (χ2n) is 10.7. The molecule has 0 heterocycles. The summed E-state index contributed by atoms with van der Waals surface area (Å²) in [5.74, 6) is -11.9. The molecule has 0 aliphatic heterocycles. The van der Waals surface area contributed by atoms with Gasteiger partial charge in [-0.2, -0.15) is 11.8 Å². The standard InChI is InChI=1S/C28H32N2O11S/c1-4-8-42-10-12-11-6-5-7-13(31)16(11)22(35)18-17(12)24(41-15(34)9-14(32)33)20-21(30(2)3)23(36)19(27(29)39)26(38)28(20,40)25(18)37/h5-7,12,17,20-21,24,31,35,38,40H,4,8-10H2,1-3H3,(H2,29,39)(H,32,33)/t12-,17+,20-,21-,24-,28+/m1/s1. The lowest BCUT2D eigenvalue weighted by Crippen LogP contribution is -2.71. The van der Waals surface area contributed by atoms with Crippen LogP contribution < -0.4 is 5.73 Å². The third-order valence-corrected chi connectivity index (χ3v) is 9.27. The largest absolute Gasteiger partial charge is 0.508 e. The van der Waals surface area contributed by atoms with Crippen molar-refractivity contribution in [1.82, 2.24) is 4.90 Å². The van der Waals surface area contributed by atoms with Gasteiger partial charge in [-0.05, 0) is 37.9 Å². The van der Waals surface area contributed by atoms with Gasteiger partial charge < -0.3 is 36.0 Å². The third-order valence-electron chi connectivity index (χ3n) is 7.98. The van der Waals surface area contributed by atoms with Crippen LogP contribution in [-0.4, -0.2) is 103 Å². The number of primary amides is 1. The van der Waals surface area contributed by atoms with Crippen molar-refractivity contribution in [3.05, 3.63) is 46.2 Å². The molecule has 1 saturated carbocycles. The molecular weight excluding hydrogens is 572 g/mol. The molecule has 0 spiro atoms. The molecule has 4 rings (SSSR count). The summed E-state index contributed by atoms with van der Waals surface area (Å²) in [4.78, 5) is 65.7. The van der Waals surface area contributed by atoms with Gasteiger partial charge in [-0.1, -0.05) is 19.1 Å². The fourth-order valence-corrected chi connectivity index (χ4v) is 7.47. The van der Waals surface area contributed by atoms with E-state index < -0.39 is 94.0 Å². The molecular formula is C28H32N2O11S. The van der Waals surface area contributed by atoms with E-state index in [0.29, 0.717) is 11.3 Å². The van der Waals surface area contributed by atoms with Crippen LogP contribution in [0, 0.1) is 11.8 Å². The number of Topliss-reactive ketones (excluding diaryl/α,β-unsaturated/α-hetero) is 2. The van der Waals surface area contributed by atoms with Crippen LogP contribution in [0.25, 0.3) is 5.76 Å². The molecule has 0 aromatic heterocycles. The van der Waals surface area contributed by atoms with E-state index in [1.807, 2.05) is 6.92 Å². The van der Waals surface area contributed by atoms with Crippen molar-refractivity contribution in [1.29, 1.82) is 0 Å². The number of aliphatic hydroxyl groups is 3. The van der Waals surface area contributed by atoms with Gasteiger partial charge >= 0.3 is 11.9 Å². The van der Waals surface area contributed by atoms with Crippen LogP contribution in [0.4, 0.5) is 0 Å². The summed E-state index contributed by atoms with van der Waals surface area (Å²) in [6, 6.07) is 2.86. The van der Waals surface area contributed by atoms with Crippen molar-refractivity contribution < 1.29 is 54.2 Å².